The maximum Gasteiger partial charge on any atom is 0.122 e. The molecule has 1 aromatic heterocycles. The number of rotatable bonds is 2. The van der Waals surface area contributed by atoms with Crippen molar-refractivity contribution in [3.8, 4) is 5.75 Å². The van der Waals surface area contributed by atoms with E-state index >= 15 is 0 Å². The summed E-state index contributed by atoms with van der Waals surface area (Å²) < 4.78 is 0. The van der Waals surface area contributed by atoms with Gasteiger partial charge in [-0.15, -0.1) is 12.4 Å². The van der Waals surface area contributed by atoms with Gasteiger partial charge in [-0.05, 0) is 24.6 Å². The molecule has 0 aliphatic heterocycles. The Kier molecular flexibility index (Phi) is 4.67. The van der Waals surface area contributed by atoms with Gasteiger partial charge in [0, 0.05) is 18.0 Å². The summed E-state index contributed by atoms with van der Waals surface area (Å²) in [5.74, 6) is 0.269. The summed E-state index contributed by atoms with van der Waals surface area (Å²) in [6, 6.07) is 7.20. The fourth-order valence-corrected chi connectivity index (χ4v) is 1.42. The average molecular weight is 249 g/mol. The van der Waals surface area contributed by atoms with Crippen molar-refractivity contribution in [2.24, 2.45) is 0 Å². The summed E-state index contributed by atoms with van der Waals surface area (Å²) in [6.45, 7) is 1.94. The fraction of sp³-hybridized carbons (Fsp3) is 0.0769. The second-order valence-corrected chi connectivity index (χ2v) is 3.48. The third kappa shape index (κ3) is 3.29. The van der Waals surface area contributed by atoms with Gasteiger partial charge < -0.3 is 5.11 Å². The van der Waals surface area contributed by atoms with Gasteiger partial charge in [0.15, 0.2) is 0 Å². The van der Waals surface area contributed by atoms with Gasteiger partial charge in [-0.25, -0.2) is 0 Å². The number of phenolic OH excluding ortho intramolecular Hbond substituents is 1. The molecule has 1 heterocycles. The number of hydrogen-bond acceptors (Lipinski definition) is 3. The van der Waals surface area contributed by atoms with Gasteiger partial charge in [-0.2, -0.15) is 0 Å². The number of para-hydroxylation sites is 1. The van der Waals surface area contributed by atoms with Gasteiger partial charge in [0.2, 0.25) is 0 Å². The van der Waals surface area contributed by atoms with E-state index in [0.29, 0.717) is 0 Å². The van der Waals surface area contributed by atoms with Crippen LogP contribution in [0.15, 0.2) is 42.9 Å². The lowest BCUT2D eigenvalue weighted by Gasteiger charge is -2.01. The Labute approximate surface area is 106 Å². The minimum Gasteiger partial charge on any atom is -0.507 e. The summed E-state index contributed by atoms with van der Waals surface area (Å²) in [5, 5.41) is 9.63. The summed E-state index contributed by atoms with van der Waals surface area (Å²) in [6.07, 6.45) is 6.87. The smallest absolute Gasteiger partial charge is 0.122 e. The molecule has 88 valence electrons. The molecule has 1 N–H and O–H groups in total. The summed E-state index contributed by atoms with van der Waals surface area (Å²) >= 11 is 0. The number of allylic oxidation sites excluding steroid dienone is 1. The lowest BCUT2D eigenvalue weighted by molar-refractivity contribution is 0.474. The second kappa shape index (κ2) is 6.01. The Balaban J connectivity index is 0.00000144. The third-order valence-corrected chi connectivity index (χ3v) is 2.28. The number of halogens is 1. The highest BCUT2D eigenvalue weighted by molar-refractivity contribution is 5.85. The molecule has 0 unspecified atom stereocenters. The monoisotopic (exact) mass is 248 g/mol. The molecule has 0 spiro atoms. The van der Waals surface area contributed by atoms with E-state index in [2.05, 4.69) is 9.97 Å². The Morgan fingerprint density at radius 1 is 1.24 bits per heavy atom. The van der Waals surface area contributed by atoms with E-state index in [0.717, 1.165) is 16.8 Å². The van der Waals surface area contributed by atoms with Gasteiger partial charge >= 0.3 is 0 Å². The van der Waals surface area contributed by atoms with Crippen LogP contribution in [0, 0.1) is 0 Å². The molecule has 0 amide bonds. The molecule has 17 heavy (non-hydrogen) atoms. The number of hydrogen-bond donors (Lipinski definition) is 1. The van der Waals surface area contributed by atoms with E-state index in [1.165, 1.54) is 0 Å². The second-order valence-electron chi connectivity index (χ2n) is 3.48. The number of benzene rings is 1. The predicted octanol–water partition coefficient (Wildman–Crippen LogP) is 3.16. The summed E-state index contributed by atoms with van der Waals surface area (Å²) in [4.78, 5) is 8.20. The Hall–Kier alpha value is -1.87. The molecule has 0 aliphatic rings. The highest BCUT2D eigenvalue weighted by atomic mass is 35.5. The molecule has 3 nitrogen and oxygen atoms in total. The van der Waals surface area contributed by atoms with Crippen molar-refractivity contribution in [3.63, 3.8) is 0 Å². The zero-order chi connectivity index (χ0) is 11.4. The molecule has 4 heteroatoms. The first-order valence-electron chi connectivity index (χ1n) is 5.00. The molecule has 0 saturated heterocycles. The van der Waals surface area contributed by atoms with E-state index < -0.39 is 0 Å². The first kappa shape index (κ1) is 13.2. The summed E-state index contributed by atoms with van der Waals surface area (Å²) in [7, 11) is 0. The minimum atomic E-state index is 0. The van der Waals surface area contributed by atoms with E-state index in [9.17, 15) is 5.11 Å². The highest BCUT2D eigenvalue weighted by Crippen LogP contribution is 2.21. The highest BCUT2D eigenvalue weighted by Gasteiger charge is 1.99. The van der Waals surface area contributed by atoms with Crippen molar-refractivity contribution in [2.75, 3.05) is 0 Å². The largest absolute Gasteiger partial charge is 0.507 e. The van der Waals surface area contributed by atoms with E-state index in [1.54, 1.807) is 30.7 Å². The van der Waals surface area contributed by atoms with Crippen LogP contribution in [0.5, 0.6) is 5.75 Å². The number of aromatic hydroxyl groups is 1. The topological polar surface area (TPSA) is 46.0 Å². The molecule has 0 fully saturated rings. The first-order valence-corrected chi connectivity index (χ1v) is 5.00. The van der Waals surface area contributed by atoms with Crippen LogP contribution in [0.1, 0.15) is 18.2 Å². The van der Waals surface area contributed by atoms with Crippen LogP contribution >= 0.6 is 12.4 Å². The minimum absolute atomic E-state index is 0. The van der Waals surface area contributed by atoms with E-state index in [1.807, 2.05) is 25.1 Å². The molecular weight excluding hydrogens is 236 g/mol. The number of phenols is 1. The summed E-state index contributed by atoms with van der Waals surface area (Å²) in [5.41, 5.74) is 2.56. The predicted molar refractivity (Wildman–Crippen MR) is 70.9 cm³/mol. The van der Waals surface area contributed by atoms with Crippen molar-refractivity contribution in [3.05, 3.63) is 54.1 Å². The quantitative estimate of drug-likeness (QED) is 0.888. The SMILES string of the molecule is C/C(=C\c1ccccc1O)c1cnccn1.Cl. The normalized spacial score (nSPS) is 10.8. The molecule has 2 aromatic rings. The van der Waals surface area contributed by atoms with Crippen LogP contribution in [0.4, 0.5) is 0 Å². The van der Waals surface area contributed by atoms with Crippen LogP contribution in [-0.4, -0.2) is 15.1 Å². The van der Waals surface area contributed by atoms with Gasteiger partial charge in [0.05, 0.1) is 11.9 Å². The molecule has 0 saturated carbocycles. The fourth-order valence-electron chi connectivity index (χ4n) is 1.42. The molecule has 0 atom stereocenters. The molecular formula is C13H13ClN2O. The lowest BCUT2D eigenvalue weighted by atomic mass is 10.1. The maximum absolute atomic E-state index is 9.63. The average Bonchev–Trinajstić information content (AvgIpc) is 2.33. The number of nitrogens with zero attached hydrogens (tertiary/aromatic N) is 2. The van der Waals surface area contributed by atoms with Gasteiger partial charge in [0.25, 0.3) is 0 Å². The number of aromatic nitrogens is 2. The van der Waals surface area contributed by atoms with Crippen LogP contribution in [-0.2, 0) is 0 Å². The molecule has 0 bridgehead atoms. The van der Waals surface area contributed by atoms with Crippen molar-refractivity contribution in [1.29, 1.82) is 0 Å². The molecule has 0 radical (unpaired) electrons. The third-order valence-electron chi connectivity index (χ3n) is 2.28. The van der Waals surface area contributed by atoms with E-state index in [4.69, 9.17) is 0 Å². The van der Waals surface area contributed by atoms with Gasteiger partial charge in [0.1, 0.15) is 5.75 Å². The Morgan fingerprint density at radius 3 is 2.65 bits per heavy atom. The van der Waals surface area contributed by atoms with Crippen molar-refractivity contribution in [2.45, 2.75) is 6.92 Å². The van der Waals surface area contributed by atoms with Crippen molar-refractivity contribution < 1.29 is 5.11 Å². The van der Waals surface area contributed by atoms with Crippen LogP contribution in [0.3, 0.4) is 0 Å². The van der Waals surface area contributed by atoms with E-state index in [-0.39, 0.29) is 18.2 Å². The van der Waals surface area contributed by atoms with Crippen LogP contribution < -0.4 is 0 Å². The van der Waals surface area contributed by atoms with Crippen molar-refractivity contribution >= 4 is 24.1 Å². The van der Waals surface area contributed by atoms with Crippen LogP contribution in [0.25, 0.3) is 11.6 Å². The maximum atomic E-state index is 9.63. The molecule has 1 aromatic carbocycles. The van der Waals surface area contributed by atoms with Crippen molar-refractivity contribution in [1.82, 2.24) is 9.97 Å². The van der Waals surface area contributed by atoms with Crippen LogP contribution in [0.2, 0.25) is 0 Å². The molecule has 2 rings (SSSR count). The molecule has 0 aliphatic carbocycles. The Morgan fingerprint density at radius 2 is 2.00 bits per heavy atom. The zero-order valence-corrected chi connectivity index (χ0v) is 10.2. The van der Waals surface area contributed by atoms with Gasteiger partial charge in [-0.1, -0.05) is 18.2 Å². The lowest BCUT2D eigenvalue weighted by Crippen LogP contribution is -1.86. The Bertz CT molecular complexity index is 512. The first-order chi connectivity index (χ1) is 7.77. The zero-order valence-electron chi connectivity index (χ0n) is 9.37. The van der Waals surface area contributed by atoms with Gasteiger partial charge in [-0.3, -0.25) is 9.97 Å². The standard InChI is InChI=1S/C13H12N2O.ClH/c1-10(12-9-14-6-7-15-12)8-11-4-2-3-5-13(11)16;/h2-9,16H,1H3;1H/b10-8+;.